The van der Waals surface area contributed by atoms with Crippen LogP contribution in [0.4, 0.5) is 5.69 Å². The Balaban J connectivity index is 2.18. The molecule has 1 aromatic heterocycles. The summed E-state index contributed by atoms with van der Waals surface area (Å²) in [6.07, 6.45) is 3.28. The van der Waals surface area contributed by atoms with Crippen molar-refractivity contribution < 1.29 is 13.2 Å². The van der Waals surface area contributed by atoms with Crippen LogP contribution in [0.3, 0.4) is 0 Å². The number of nitrogens with zero attached hydrogens (tertiary/aromatic N) is 2. The van der Waals surface area contributed by atoms with Gasteiger partial charge in [-0.2, -0.15) is 0 Å². The number of aliphatic imine (C=N–C) groups is 1. The van der Waals surface area contributed by atoms with Crippen molar-refractivity contribution in [2.45, 2.75) is 44.0 Å². The standard InChI is InChI=1S/C20H27N5O4S/c1-11-7-16(30(28,29)9-14-5-4-6-14)17(21)20(27)25(11)18-15(8-23-10-26)12(2)13(3)24-19(18)22/h7,10,13-14H,2,4-6,8-9,21H2,1,3H3,(H2,22,24)(H,23,26). The molecule has 0 aromatic carbocycles. The van der Waals surface area contributed by atoms with Gasteiger partial charge >= 0.3 is 0 Å². The van der Waals surface area contributed by atoms with Crippen molar-refractivity contribution in [3.05, 3.63) is 39.8 Å². The molecule has 9 nitrogen and oxygen atoms in total. The molecule has 10 heteroatoms. The maximum atomic E-state index is 13.2. The van der Waals surface area contributed by atoms with Crippen molar-refractivity contribution in [3.8, 4) is 0 Å². The van der Waals surface area contributed by atoms with Crippen LogP contribution in [-0.4, -0.2) is 43.6 Å². The van der Waals surface area contributed by atoms with E-state index >= 15 is 0 Å². The summed E-state index contributed by atoms with van der Waals surface area (Å²) in [5, 5.41) is 2.56. The lowest BCUT2D eigenvalue weighted by atomic mass is 9.87. The molecule has 30 heavy (non-hydrogen) atoms. The third-order valence-electron chi connectivity index (χ3n) is 5.75. The highest BCUT2D eigenvalue weighted by molar-refractivity contribution is 7.91. The number of amidine groups is 1. The Hall–Kier alpha value is -2.88. The number of dihydropyridines is 1. The fourth-order valence-corrected chi connectivity index (χ4v) is 5.72. The molecule has 1 amide bonds. The number of anilines is 1. The number of pyridine rings is 1. The highest BCUT2D eigenvalue weighted by atomic mass is 32.2. The zero-order chi connectivity index (χ0) is 22.2. The highest BCUT2D eigenvalue weighted by Gasteiger charge is 2.31. The minimum absolute atomic E-state index is 0.0186. The Labute approximate surface area is 175 Å². The van der Waals surface area contributed by atoms with Gasteiger partial charge in [0.15, 0.2) is 9.84 Å². The van der Waals surface area contributed by atoms with Crippen molar-refractivity contribution >= 4 is 33.5 Å². The summed E-state index contributed by atoms with van der Waals surface area (Å²) in [6, 6.07) is 1.07. The molecule has 1 aliphatic carbocycles. The average molecular weight is 434 g/mol. The molecule has 0 spiro atoms. The van der Waals surface area contributed by atoms with E-state index in [1.165, 1.54) is 10.6 Å². The molecular formula is C20H27N5O4S. The number of hydrogen-bond acceptors (Lipinski definition) is 7. The molecule has 5 N–H and O–H groups in total. The number of nitrogens with one attached hydrogen (secondary N) is 1. The van der Waals surface area contributed by atoms with Crippen LogP contribution in [0.1, 0.15) is 31.9 Å². The van der Waals surface area contributed by atoms with Gasteiger partial charge in [-0.15, -0.1) is 0 Å². The molecule has 1 atom stereocenters. The second kappa shape index (κ2) is 8.10. The highest BCUT2D eigenvalue weighted by Crippen LogP contribution is 2.32. The summed E-state index contributed by atoms with van der Waals surface area (Å²) in [4.78, 5) is 28.2. The van der Waals surface area contributed by atoms with E-state index in [-0.39, 0.29) is 46.4 Å². The minimum atomic E-state index is -3.70. The summed E-state index contributed by atoms with van der Waals surface area (Å²) in [7, 11) is -3.70. The zero-order valence-electron chi connectivity index (χ0n) is 17.1. The van der Waals surface area contributed by atoms with E-state index < -0.39 is 15.4 Å². The molecule has 1 saturated carbocycles. The van der Waals surface area contributed by atoms with Crippen LogP contribution in [0.15, 0.2) is 38.5 Å². The largest absolute Gasteiger partial charge is 0.393 e. The van der Waals surface area contributed by atoms with Crippen LogP contribution in [0, 0.1) is 12.8 Å². The van der Waals surface area contributed by atoms with Gasteiger partial charge in [0, 0.05) is 17.8 Å². The van der Waals surface area contributed by atoms with Crippen LogP contribution in [0.2, 0.25) is 0 Å². The summed E-state index contributed by atoms with van der Waals surface area (Å²) < 4.78 is 27.0. The van der Waals surface area contributed by atoms with Gasteiger partial charge in [0.1, 0.15) is 11.5 Å². The Morgan fingerprint density at radius 2 is 2.03 bits per heavy atom. The fourth-order valence-electron chi connectivity index (χ4n) is 3.81. The lowest BCUT2D eigenvalue weighted by Crippen LogP contribution is -2.37. The van der Waals surface area contributed by atoms with Crippen molar-refractivity contribution in [2.24, 2.45) is 16.6 Å². The fraction of sp³-hybridized carbons (Fsp3) is 0.450. The maximum Gasteiger partial charge on any atom is 0.279 e. The predicted molar refractivity (Wildman–Crippen MR) is 117 cm³/mol. The average Bonchev–Trinajstić information content (AvgIpc) is 2.64. The number of rotatable bonds is 7. The summed E-state index contributed by atoms with van der Waals surface area (Å²) in [5.41, 5.74) is 12.9. The van der Waals surface area contributed by atoms with E-state index in [0.717, 1.165) is 19.3 Å². The molecule has 1 fully saturated rings. The Kier molecular flexibility index (Phi) is 5.89. The van der Waals surface area contributed by atoms with Gasteiger partial charge in [0.2, 0.25) is 6.41 Å². The third-order valence-corrected chi connectivity index (χ3v) is 7.66. The van der Waals surface area contributed by atoms with E-state index in [1.807, 2.05) is 0 Å². The first-order valence-corrected chi connectivity index (χ1v) is 11.4. The molecule has 2 heterocycles. The number of amides is 1. The predicted octanol–water partition coefficient (Wildman–Crippen LogP) is 0.585. The second-order valence-corrected chi connectivity index (χ2v) is 9.83. The zero-order valence-corrected chi connectivity index (χ0v) is 18.0. The van der Waals surface area contributed by atoms with Gasteiger partial charge in [-0.1, -0.05) is 13.0 Å². The third kappa shape index (κ3) is 3.79. The van der Waals surface area contributed by atoms with E-state index in [4.69, 9.17) is 11.5 Å². The van der Waals surface area contributed by atoms with Gasteiger partial charge in [-0.3, -0.25) is 19.1 Å². The second-order valence-electron chi connectivity index (χ2n) is 7.82. The number of aromatic nitrogens is 1. The molecule has 162 valence electrons. The number of carbonyl (C=O) groups excluding carboxylic acids is 1. The number of nitrogens with two attached hydrogens (primary N) is 2. The maximum absolute atomic E-state index is 13.2. The summed E-state index contributed by atoms with van der Waals surface area (Å²) in [6.45, 7) is 7.50. The van der Waals surface area contributed by atoms with Gasteiger partial charge in [0.05, 0.1) is 22.4 Å². The van der Waals surface area contributed by atoms with E-state index in [9.17, 15) is 18.0 Å². The molecule has 2 aliphatic rings. The van der Waals surface area contributed by atoms with Gasteiger partial charge in [-0.25, -0.2) is 8.42 Å². The lowest BCUT2D eigenvalue weighted by molar-refractivity contribution is -0.109. The molecule has 3 rings (SSSR count). The monoisotopic (exact) mass is 433 g/mol. The van der Waals surface area contributed by atoms with Crippen LogP contribution in [0.25, 0.3) is 5.70 Å². The van der Waals surface area contributed by atoms with Crippen LogP contribution < -0.4 is 22.3 Å². The van der Waals surface area contributed by atoms with E-state index in [2.05, 4.69) is 16.9 Å². The number of hydrogen-bond donors (Lipinski definition) is 3. The first-order valence-electron chi connectivity index (χ1n) is 9.76. The Morgan fingerprint density at radius 3 is 2.60 bits per heavy atom. The number of aryl methyl sites for hydroxylation is 1. The van der Waals surface area contributed by atoms with Gasteiger partial charge in [-0.05, 0) is 44.2 Å². The first-order chi connectivity index (χ1) is 14.1. The van der Waals surface area contributed by atoms with Gasteiger partial charge < -0.3 is 16.8 Å². The normalized spacial score (nSPS) is 20.0. The van der Waals surface area contributed by atoms with E-state index in [0.29, 0.717) is 23.3 Å². The smallest absolute Gasteiger partial charge is 0.279 e. The van der Waals surface area contributed by atoms with Crippen molar-refractivity contribution in [1.82, 2.24) is 9.88 Å². The first kappa shape index (κ1) is 21.8. The van der Waals surface area contributed by atoms with Crippen LogP contribution in [-0.2, 0) is 14.6 Å². The Bertz CT molecular complexity index is 1130. The van der Waals surface area contributed by atoms with Crippen molar-refractivity contribution in [3.63, 3.8) is 0 Å². The van der Waals surface area contributed by atoms with Crippen molar-refractivity contribution in [2.75, 3.05) is 18.0 Å². The summed E-state index contributed by atoms with van der Waals surface area (Å²) >= 11 is 0. The number of sulfone groups is 1. The quantitative estimate of drug-likeness (QED) is 0.536. The molecule has 0 radical (unpaired) electrons. The lowest BCUT2D eigenvalue weighted by Gasteiger charge is -2.28. The molecular weight excluding hydrogens is 406 g/mol. The summed E-state index contributed by atoms with van der Waals surface area (Å²) in [5.74, 6) is 0.175. The molecule has 1 aromatic rings. The van der Waals surface area contributed by atoms with E-state index in [1.54, 1.807) is 13.8 Å². The molecule has 1 aliphatic heterocycles. The molecule has 1 unspecified atom stereocenters. The number of carbonyl (C=O) groups is 1. The van der Waals surface area contributed by atoms with Crippen LogP contribution >= 0.6 is 0 Å². The Morgan fingerprint density at radius 1 is 1.37 bits per heavy atom. The van der Waals surface area contributed by atoms with Gasteiger partial charge in [0.25, 0.3) is 5.56 Å². The van der Waals surface area contributed by atoms with Crippen molar-refractivity contribution in [1.29, 1.82) is 0 Å². The number of nitrogen functional groups attached to an aromatic ring is 1. The molecule has 0 bridgehead atoms. The molecule has 0 saturated heterocycles. The topological polar surface area (TPSA) is 150 Å². The van der Waals surface area contributed by atoms with Crippen LogP contribution in [0.5, 0.6) is 0 Å². The SMILES string of the molecule is C=C1C(CNC=O)=C(n2c(C)cc(S(=O)(=O)CC3CCC3)c(N)c2=O)C(N)=NC1C. The minimum Gasteiger partial charge on any atom is -0.393 e.